The fourth-order valence-electron chi connectivity index (χ4n) is 2.06. The van der Waals surface area contributed by atoms with Crippen LogP contribution in [0.5, 0.6) is 0 Å². The molecular weight excluding hydrogens is 309 g/mol. The highest BCUT2D eigenvalue weighted by Gasteiger charge is 2.34. The van der Waals surface area contributed by atoms with Crippen LogP contribution in [-0.4, -0.2) is 10.5 Å². The average Bonchev–Trinajstić information content (AvgIpc) is 2.49. The van der Waals surface area contributed by atoms with E-state index in [-0.39, 0.29) is 0 Å². The van der Waals surface area contributed by atoms with Gasteiger partial charge in [0.15, 0.2) is 0 Å². The predicted molar refractivity (Wildman–Crippen MR) is 80.2 cm³/mol. The van der Waals surface area contributed by atoms with Crippen LogP contribution in [0.15, 0.2) is 47.4 Å². The van der Waals surface area contributed by atoms with Crippen molar-refractivity contribution in [1.82, 2.24) is 4.57 Å². The maximum Gasteiger partial charge on any atom is 0.421 e. The van der Waals surface area contributed by atoms with E-state index in [1.165, 1.54) is 0 Å². The third kappa shape index (κ3) is 4.21. The summed E-state index contributed by atoms with van der Waals surface area (Å²) in [6, 6.07) is 8.86. The normalized spacial score (nSPS) is 11.3. The minimum Gasteiger partial charge on any atom is -0.325 e. The Morgan fingerprint density at radius 3 is 2.39 bits per heavy atom. The molecule has 1 aromatic heterocycles. The van der Waals surface area contributed by atoms with E-state index in [2.05, 4.69) is 5.32 Å². The average molecular weight is 324 g/mol. The van der Waals surface area contributed by atoms with Gasteiger partial charge in [-0.1, -0.05) is 19.1 Å². The third-order valence-corrected chi connectivity index (χ3v) is 3.29. The summed E-state index contributed by atoms with van der Waals surface area (Å²) in [7, 11) is 0. The van der Waals surface area contributed by atoms with E-state index >= 15 is 0 Å². The van der Waals surface area contributed by atoms with Gasteiger partial charge in [-0.25, -0.2) is 0 Å². The number of carbonyl (C=O) groups is 1. The van der Waals surface area contributed by atoms with Crippen LogP contribution in [0.3, 0.4) is 0 Å². The van der Waals surface area contributed by atoms with Gasteiger partial charge in [0.2, 0.25) is 5.91 Å². The van der Waals surface area contributed by atoms with E-state index in [1.807, 2.05) is 19.1 Å². The van der Waals surface area contributed by atoms with Gasteiger partial charge in [-0.05, 0) is 36.2 Å². The molecule has 23 heavy (non-hydrogen) atoms. The van der Waals surface area contributed by atoms with E-state index in [0.29, 0.717) is 11.8 Å². The molecule has 4 nitrogen and oxygen atoms in total. The summed E-state index contributed by atoms with van der Waals surface area (Å²) in [5.41, 5.74) is -0.916. The van der Waals surface area contributed by atoms with Crippen LogP contribution in [0, 0.1) is 0 Å². The Labute approximate surface area is 130 Å². The van der Waals surface area contributed by atoms with Gasteiger partial charge in [-0.2, -0.15) is 13.2 Å². The van der Waals surface area contributed by atoms with Crippen LogP contribution >= 0.6 is 0 Å². The van der Waals surface area contributed by atoms with Crippen LogP contribution in [0.2, 0.25) is 0 Å². The maximum atomic E-state index is 12.7. The van der Waals surface area contributed by atoms with Crippen LogP contribution in [0.4, 0.5) is 18.9 Å². The van der Waals surface area contributed by atoms with Crippen molar-refractivity contribution < 1.29 is 18.0 Å². The van der Waals surface area contributed by atoms with E-state index in [0.717, 1.165) is 28.8 Å². The molecular formula is C16H15F3N2O2. The summed E-state index contributed by atoms with van der Waals surface area (Å²) < 4.78 is 38.7. The molecule has 0 fully saturated rings. The highest BCUT2D eigenvalue weighted by molar-refractivity contribution is 5.90. The van der Waals surface area contributed by atoms with E-state index in [9.17, 15) is 22.8 Å². The lowest BCUT2D eigenvalue weighted by molar-refractivity contribution is -0.139. The molecule has 0 unspecified atom stereocenters. The molecule has 0 radical (unpaired) electrons. The van der Waals surface area contributed by atoms with Crippen molar-refractivity contribution in [2.24, 2.45) is 0 Å². The molecule has 1 N–H and O–H groups in total. The van der Waals surface area contributed by atoms with Gasteiger partial charge in [-0.3, -0.25) is 9.59 Å². The Hall–Kier alpha value is -2.57. The van der Waals surface area contributed by atoms with Crippen LogP contribution < -0.4 is 10.9 Å². The fourth-order valence-corrected chi connectivity index (χ4v) is 2.06. The zero-order chi connectivity index (χ0) is 17.0. The summed E-state index contributed by atoms with van der Waals surface area (Å²) >= 11 is 0. The summed E-state index contributed by atoms with van der Waals surface area (Å²) in [6.07, 6.45) is -2.74. The topological polar surface area (TPSA) is 51.1 Å². The second kappa shape index (κ2) is 6.68. The number of alkyl halides is 3. The number of hydrogen-bond donors (Lipinski definition) is 1. The van der Waals surface area contributed by atoms with Gasteiger partial charge < -0.3 is 9.88 Å². The molecule has 0 saturated heterocycles. The Morgan fingerprint density at radius 2 is 1.83 bits per heavy atom. The molecule has 122 valence electrons. The molecule has 0 aliphatic carbocycles. The second-order valence-corrected chi connectivity index (χ2v) is 4.95. The number of rotatable bonds is 4. The largest absolute Gasteiger partial charge is 0.421 e. The van der Waals surface area contributed by atoms with E-state index in [1.54, 1.807) is 12.1 Å². The Bertz CT molecular complexity index is 749. The van der Waals surface area contributed by atoms with E-state index < -0.39 is 29.8 Å². The van der Waals surface area contributed by atoms with Crippen LogP contribution in [0.1, 0.15) is 18.1 Å². The van der Waals surface area contributed by atoms with Gasteiger partial charge >= 0.3 is 6.18 Å². The molecule has 0 atom stereocenters. The lowest BCUT2D eigenvalue weighted by Crippen LogP contribution is -2.31. The van der Waals surface area contributed by atoms with Crippen molar-refractivity contribution in [3.63, 3.8) is 0 Å². The van der Waals surface area contributed by atoms with Crippen LogP contribution in [0.25, 0.3) is 0 Å². The van der Waals surface area contributed by atoms with Crippen molar-refractivity contribution in [1.29, 1.82) is 0 Å². The monoisotopic (exact) mass is 324 g/mol. The zero-order valence-corrected chi connectivity index (χ0v) is 12.4. The number of aryl methyl sites for hydroxylation is 1. The first-order chi connectivity index (χ1) is 10.8. The predicted octanol–water partition coefficient (Wildman–Crippen LogP) is 3.07. The fraction of sp³-hybridized carbons (Fsp3) is 0.250. The number of aromatic nitrogens is 1. The number of nitrogens with one attached hydrogen (secondary N) is 1. The lowest BCUT2D eigenvalue weighted by atomic mass is 10.1. The smallest absolute Gasteiger partial charge is 0.325 e. The molecule has 0 saturated carbocycles. The van der Waals surface area contributed by atoms with Crippen molar-refractivity contribution in [2.45, 2.75) is 26.1 Å². The number of hydrogen-bond acceptors (Lipinski definition) is 2. The second-order valence-electron chi connectivity index (χ2n) is 4.95. The van der Waals surface area contributed by atoms with Crippen molar-refractivity contribution in [3.8, 4) is 0 Å². The minimum atomic E-state index is -4.74. The van der Waals surface area contributed by atoms with Gasteiger partial charge in [-0.15, -0.1) is 0 Å². The number of halogens is 3. The summed E-state index contributed by atoms with van der Waals surface area (Å²) in [5, 5.41) is 2.55. The number of pyridine rings is 1. The standard InChI is InChI=1S/C16H15F3N2O2/c1-2-11-5-7-12(8-6-11)20-14(22)10-21-9-3-4-13(15(21)23)16(17,18)19/h3-9H,2,10H2,1H3,(H,20,22). The molecule has 1 aromatic carbocycles. The molecule has 2 rings (SSSR count). The molecule has 1 heterocycles. The highest BCUT2D eigenvalue weighted by Crippen LogP contribution is 2.25. The Kier molecular flexibility index (Phi) is 4.88. The van der Waals surface area contributed by atoms with Crippen molar-refractivity contribution in [3.05, 3.63) is 64.1 Å². The summed E-state index contributed by atoms with van der Waals surface area (Å²) in [4.78, 5) is 23.6. The highest BCUT2D eigenvalue weighted by atomic mass is 19.4. The van der Waals surface area contributed by atoms with E-state index in [4.69, 9.17) is 0 Å². The summed E-state index contributed by atoms with van der Waals surface area (Å²) in [6.45, 7) is 1.51. The molecule has 0 aliphatic heterocycles. The first-order valence-corrected chi connectivity index (χ1v) is 6.96. The first kappa shape index (κ1) is 16.8. The van der Waals surface area contributed by atoms with Gasteiger partial charge in [0.05, 0.1) is 0 Å². The summed E-state index contributed by atoms with van der Waals surface area (Å²) in [5.74, 6) is -0.573. The minimum absolute atomic E-state index is 0.488. The van der Waals surface area contributed by atoms with Gasteiger partial charge in [0, 0.05) is 11.9 Å². The SMILES string of the molecule is CCc1ccc(NC(=O)Cn2cccc(C(F)(F)F)c2=O)cc1. The Morgan fingerprint density at radius 1 is 1.17 bits per heavy atom. The maximum absolute atomic E-state index is 12.7. The van der Waals surface area contributed by atoms with Gasteiger partial charge in [0.25, 0.3) is 5.56 Å². The number of amides is 1. The van der Waals surface area contributed by atoms with Crippen molar-refractivity contribution >= 4 is 11.6 Å². The molecule has 2 aromatic rings. The zero-order valence-electron chi connectivity index (χ0n) is 12.4. The van der Waals surface area contributed by atoms with Gasteiger partial charge in [0.1, 0.15) is 12.1 Å². The molecule has 0 bridgehead atoms. The molecule has 1 amide bonds. The molecule has 0 spiro atoms. The van der Waals surface area contributed by atoms with Crippen molar-refractivity contribution in [2.75, 3.05) is 5.32 Å². The van der Waals surface area contributed by atoms with Crippen LogP contribution in [-0.2, 0) is 23.9 Å². The third-order valence-electron chi connectivity index (χ3n) is 3.29. The first-order valence-electron chi connectivity index (χ1n) is 6.96. The quantitative estimate of drug-likeness (QED) is 0.940. The Balaban J connectivity index is 2.12. The number of anilines is 1. The number of nitrogens with zero attached hydrogens (tertiary/aromatic N) is 1. The lowest BCUT2D eigenvalue weighted by Gasteiger charge is -2.11. The molecule has 0 aliphatic rings. The number of benzene rings is 1. The number of carbonyl (C=O) groups excluding carboxylic acids is 1. The molecule has 7 heteroatoms.